The highest BCUT2D eigenvalue weighted by Gasteiger charge is 2.57. The molecule has 2 heterocycles. The van der Waals surface area contributed by atoms with Gasteiger partial charge in [-0.1, -0.05) is 13.0 Å². The molecule has 1 saturated carbocycles. The first-order chi connectivity index (χ1) is 8.27. The van der Waals surface area contributed by atoms with Crippen LogP contribution in [0.15, 0.2) is 37.2 Å². The van der Waals surface area contributed by atoms with Crippen LogP contribution >= 0.6 is 0 Å². The SMILES string of the molecule is C=CC(=O)N1CC2(CCC2)C1c1ccncc1. The van der Waals surface area contributed by atoms with E-state index in [1.807, 2.05) is 17.0 Å². The second-order valence-corrected chi connectivity index (χ2v) is 5.07. The van der Waals surface area contributed by atoms with Crippen molar-refractivity contribution < 1.29 is 4.79 Å². The number of likely N-dealkylation sites (tertiary alicyclic amines) is 1. The van der Waals surface area contributed by atoms with E-state index in [2.05, 4.69) is 11.6 Å². The predicted octanol–water partition coefficient (Wildman–Crippen LogP) is 2.32. The van der Waals surface area contributed by atoms with E-state index in [0.717, 1.165) is 6.54 Å². The summed E-state index contributed by atoms with van der Waals surface area (Å²) in [6.45, 7) is 4.47. The van der Waals surface area contributed by atoms with Crippen molar-refractivity contribution in [1.29, 1.82) is 0 Å². The molecular formula is C14H16N2O. The van der Waals surface area contributed by atoms with Gasteiger partial charge in [0.05, 0.1) is 6.04 Å². The van der Waals surface area contributed by atoms with Crippen LogP contribution in [-0.4, -0.2) is 22.3 Å². The van der Waals surface area contributed by atoms with Crippen molar-refractivity contribution in [2.45, 2.75) is 25.3 Å². The number of carbonyl (C=O) groups is 1. The molecule has 1 aromatic rings. The Hall–Kier alpha value is -1.64. The van der Waals surface area contributed by atoms with Crippen LogP contribution in [0.1, 0.15) is 30.9 Å². The van der Waals surface area contributed by atoms with E-state index in [0.29, 0.717) is 5.41 Å². The molecule has 17 heavy (non-hydrogen) atoms. The highest BCUT2D eigenvalue weighted by Crippen LogP contribution is 2.60. The number of aromatic nitrogens is 1. The van der Waals surface area contributed by atoms with Gasteiger partial charge >= 0.3 is 0 Å². The van der Waals surface area contributed by atoms with Crippen LogP contribution in [0.2, 0.25) is 0 Å². The van der Waals surface area contributed by atoms with Gasteiger partial charge in [-0.05, 0) is 36.6 Å². The van der Waals surface area contributed by atoms with Crippen LogP contribution in [0.3, 0.4) is 0 Å². The topological polar surface area (TPSA) is 33.2 Å². The Labute approximate surface area is 101 Å². The second-order valence-electron chi connectivity index (χ2n) is 5.07. The van der Waals surface area contributed by atoms with Crippen LogP contribution in [0, 0.1) is 5.41 Å². The fraction of sp³-hybridized carbons (Fsp3) is 0.429. The van der Waals surface area contributed by atoms with Gasteiger partial charge in [0, 0.05) is 24.4 Å². The van der Waals surface area contributed by atoms with Crippen LogP contribution in [0.25, 0.3) is 0 Å². The zero-order valence-electron chi connectivity index (χ0n) is 9.80. The summed E-state index contributed by atoms with van der Waals surface area (Å²) in [6.07, 6.45) is 8.78. The van der Waals surface area contributed by atoms with Crippen LogP contribution in [-0.2, 0) is 4.79 Å². The van der Waals surface area contributed by atoms with Gasteiger partial charge in [0.25, 0.3) is 0 Å². The average Bonchev–Trinajstić information content (AvgIpc) is 2.27. The fourth-order valence-electron chi connectivity index (χ4n) is 3.20. The smallest absolute Gasteiger partial charge is 0.246 e. The monoisotopic (exact) mass is 228 g/mol. The highest BCUT2D eigenvalue weighted by molar-refractivity contribution is 5.88. The number of carbonyl (C=O) groups excluding carboxylic acids is 1. The molecule has 1 aliphatic heterocycles. The molecule has 1 saturated heterocycles. The van der Waals surface area contributed by atoms with E-state index >= 15 is 0 Å². The van der Waals surface area contributed by atoms with Gasteiger partial charge in [-0.2, -0.15) is 0 Å². The fourth-order valence-corrected chi connectivity index (χ4v) is 3.20. The maximum atomic E-state index is 11.8. The summed E-state index contributed by atoms with van der Waals surface area (Å²) in [4.78, 5) is 17.8. The molecule has 0 N–H and O–H groups in total. The molecule has 1 amide bonds. The van der Waals surface area contributed by atoms with Crippen LogP contribution in [0.4, 0.5) is 0 Å². The largest absolute Gasteiger partial charge is 0.331 e. The Kier molecular flexibility index (Phi) is 2.28. The van der Waals surface area contributed by atoms with Crippen molar-refractivity contribution in [3.63, 3.8) is 0 Å². The van der Waals surface area contributed by atoms with E-state index in [1.165, 1.54) is 30.9 Å². The van der Waals surface area contributed by atoms with Crippen molar-refractivity contribution in [3.8, 4) is 0 Å². The van der Waals surface area contributed by atoms with Gasteiger partial charge in [-0.3, -0.25) is 9.78 Å². The maximum Gasteiger partial charge on any atom is 0.246 e. The molecule has 3 rings (SSSR count). The number of pyridine rings is 1. The summed E-state index contributed by atoms with van der Waals surface area (Å²) in [5, 5.41) is 0. The molecule has 1 aromatic heterocycles. The molecule has 2 aliphatic rings. The molecule has 88 valence electrons. The van der Waals surface area contributed by atoms with Crippen molar-refractivity contribution in [2.75, 3.05) is 6.54 Å². The number of amides is 1. The normalized spacial score (nSPS) is 24.9. The third-order valence-electron chi connectivity index (χ3n) is 4.21. The summed E-state index contributed by atoms with van der Waals surface area (Å²) >= 11 is 0. The lowest BCUT2D eigenvalue weighted by molar-refractivity contribution is -0.163. The molecule has 0 aromatic carbocycles. The molecule has 1 spiro atoms. The Morgan fingerprint density at radius 1 is 1.47 bits per heavy atom. The molecule has 3 nitrogen and oxygen atoms in total. The first-order valence-electron chi connectivity index (χ1n) is 6.10. The van der Waals surface area contributed by atoms with E-state index < -0.39 is 0 Å². The summed E-state index contributed by atoms with van der Waals surface area (Å²) in [5.74, 6) is 0.0457. The van der Waals surface area contributed by atoms with Gasteiger partial charge in [-0.15, -0.1) is 0 Å². The zero-order valence-corrected chi connectivity index (χ0v) is 9.80. The first-order valence-corrected chi connectivity index (χ1v) is 6.10. The maximum absolute atomic E-state index is 11.8. The van der Waals surface area contributed by atoms with E-state index in [4.69, 9.17) is 0 Å². The average molecular weight is 228 g/mol. The van der Waals surface area contributed by atoms with Gasteiger partial charge in [-0.25, -0.2) is 0 Å². The standard InChI is InChI=1S/C14H16N2O/c1-2-12(17)16-10-14(6-3-7-14)13(16)11-4-8-15-9-5-11/h2,4-5,8-9,13H,1,3,6-7,10H2. The number of hydrogen-bond acceptors (Lipinski definition) is 2. The van der Waals surface area contributed by atoms with E-state index in [1.54, 1.807) is 12.4 Å². The third-order valence-corrected chi connectivity index (χ3v) is 4.21. The minimum atomic E-state index is 0.0457. The zero-order chi connectivity index (χ0) is 11.9. The number of rotatable bonds is 2. The minimum absolute atomic E-state index is 0.0457. The summed E-state index contributed by atoms with van der Waals surface area (Å²) in [5.41, 5.74) is 1.56. The van der Waals surface area contributed by atoms with Gasteiger partial charge in [0.15, 0.2) is 0 Å². The van der Waals surface area contributed by atoms with E-state index in [-0.39, 0.29) is 11.9 Å². The lowest BCUT2D eigenvalue weighted by atomic mass is 9.56. The van der Waals surface area contributed by atoms with Crippen molar-refractivity contribution in [2.24, 2.45) is 5.41 Å². The molecule has 1 unspecified atom stereocenters. The molecule has 3 heteroatoms. The Bertz CT molecular complexity index is 451. The lowest BCUT2D eigenvalue weighted by Gasteiger charge is -2.62. The first kappa shape index (κ1) is 10.5. The molecular weight excluding hydrogens is 212 g/mol. The van der Waals surface area contributed by atoms with Crippen LogP contribution < -0.4 is 0 Å². The van der Waals surface area contributed by atoms with Crippen molar-refractivity contribution >= 4 is 5.91 Å². The van der Waals surface area contributed by atoms with Gasteiger partial charge in [0.1, 0.15) is 0 Å². The number of hydrogen-bond donors (Lipinski definition) is 0. The molecule has 2 fully saturated rings. The van der Waals surface area contributed by atoms with Gasteiger partial charge in [0.2, 0.25) is 5.91 Å². The minimum Gasteiger partial charge on any atom is -0.331 e. The molecule has 1 aliphatic carbocycles. The predicted molar refractivity (Wildman–Crippen MR) is 65.2 cm³/mol. The highest BCUT2D eigenvalue weighted by atomic mass is 16.2. The van der Waals surface area contributed by atoms with Gasteiger partial charge < -0.3 is 4.90 Å². The Balaban J connectivity index is 1.91. The van der Waals surface area contributed by atoms with Crippen LogP contribution in [0.5, 0.6) is 0 Å². The summed E-state index contributed by atoms with van der Waals surface area (Å²) in [6, 6.07) is 4.28. The Morgan fingerprint density at radius 3 is 2.71 bits per heavy atom. The summed E-state index contributed by atoms with van der Waals surface area (Å²) in [7, 11) is 0. The van der Waals surface area contributed by atoms with E-state index in [9.17, 15) is 4.79 Å². The van der Waals surface area contributed by atoms with Crippen molar-refractivity contribution in [3.05, 3.63) is 42.7 Å². The molecule has 0 bridgehead atoms. The Morgan fingerprint density at radius 2 is 2.18 bits per heavy atom. The summed E-state index contributed by atoms with van der Waals surface area (Å²) < 4.78 is 0. The van der Waals surface area contributed by atoms with Crippen molar-refractivity contribution in [1.82, 2.24) is 9.88 Å². The lowest BCUT2D eigenvalue weighted by Crippen LogP contribution is -2.63. The third kappa shape index (κ3) is 1.42. The molecule has 0 radical (unpaired) electrons. The number of nitrogens with zero attached hydrogens (tertiary/aromatic N) is 2. The molecule has 1 atom stereocenters. The quantitative estimate of drug-likeness (QED) is 0.728. The second kappa shape index (κ2) is 3.69.